The van der Waals surface area contributed by atoms with Crippen molar-refractivity contribution in [2.75, 3.05) is 11.5 Å². The summed E-state index contributed by atoms with van der Waals surface area (Å²) in [6, 6.07) is 2.98. The quantitative estimate of drug-likeness (QED) is 0.213. The standard InChI is InChI=1S/C37H58F4N2O/c1-22(2)9-8-10-23(3)28-12-13-29-27-11-14-31-33(4,5)32(16-18-35(31,7)30(27)15-17-34(28,29)6)44-37(40,41)36(38,39)24-19-25(42)21-26(43)20-24/h19-23,27-32H,8-18,42-43H2,1-7H3/t23-,27+,28-,29+,30+,31?,32?,34-,35-/m1/s1. The van der Waals surface area contributed by atoms with E-state index < -0.39 is 29.1 Å². The average Bonchev–Trinajstić information content (AvgIpc) is 3.27. The van der Waals surface area contributed by atoms with Crippen LogP contribution in [0.3, 0.4) is 0 Å². The minimum Gasteiger partial charge on any atom is -0.399 e. The second kappa shape index (κ2) is 11.6. The number of nitrogens with two attached hydrogens (primary N) is 2. The van der Waals surface area contributed by atoms with Gasteiger partial charge in [0.1, 0.15) is 0 Å². The molecule has 4 N–H and O–H groups in total. The molecule has 0 radical (unpaired) electrons. The van der Waals surface area contributed by atoms with Crippen LogP contribution >= 0.6 is 0 Å². The minimum absolute atomic E-state index is 0.00525. The zero-order valence-electron chi connectivity index (χ0n) is 28.2. The van der Waals surface area contributed by atoms with Crippen molar-refractivity contribution in [2.24, 2.45) is 57.7 Å². The van der Waals surface area contributed by atoms with Gasteiger partial charge in [-0.15, -0.1) is 0 Å². The number of anilines is 2. The van der Waals surface area contributed by atoms with E-state index in [1.165, 1.54) is 51.0 Å². The van der Waals surface area contributed by atoms with E-state index in [0.29, 0.717) is 23.7 Å². The van der Waals surface area contributed by atoms with Crippen molar-refractivity contribution < 1.29 is 22.3 Å². The third kappa shape index (κ3) is 5.57. The van der Waals surface area contributed by atoms with Crippen LogP contribution < -0.4 is 11.5 Å². The summed E-state index contributed by atoms with van der Waals surface area (Å²) in [5, 5.41) is 0. The molecular weight excluding hydrogens is 564 g/mol. The van der Waals surface area contributed by atoms with Gasteiger partial charge in [-0.25, -0.2) is 0 Å². The van der Waals surface area contributed by atoms with E-state index in [0.717, 1.165) is 55.1 Å². The lowest BCUT2D eigenvalue weighted by Crippen LogP contribution is -2.61. The fraction of sp³-hybridized carbons (Fsp3) is 0.838. The molecular formula is C37H58F4N2O. The van der Waals surface area contributed by atoms with Crippen LogP contribution in [-0.2, 0) is 10.7 Å². The Labute approximate surface area is 263 Å². The summed E-state index contributed by atoms with van der Waals surface area (Å²) in [6.45, 7) is 16.1. The van der Waals surface area contributed by atoms with Crippen LogP contribution in [0.25, 0.3) is 0 Å². The molecule has 0 heterocycles. The van der Waals surface area contributed by atoms with Crippen LogP contribution in [0.2, 0.25) is 0 Å². The topological polar surface area (TPSA) is 61.3 Å². The molecule has 0 aliphatic heterocycles. The maximum atomic E-state index is 15.4. The Morgan fingerprint density at radius 1 is 0.795 bits per heavy atom. The third-order valence-electron chi connectivity index (χ3n) is 13.7. The Morgan fingerprint density at radius 3 is 2.05 bits per heavy atom. The monoisotopic (exact) mass is 622 g/mol. The molecule has 4 aliphatic rings. The Hall–Kier alpha value is -1.50. The molecule has 44 heavy (non-hydrogen) atoms. The highest BCUT2D eigenvalue weighted by Gasteiger charge is 2.66. The molecule has 3 nitrogen and oxygen atoms in total. The number of hydrogen-bond donors (Lipinski definition) is 2. The maximum absolute atomic E-state index is 15.4. The van der Waals surface area contributed by atoms with Gasteiger partial charge in [0.25, 0.3) is 0 Å². The third-order valence-corrected chi connectivity index (χ3v) is 13.7. The van der Waals surface area contributed by atoms with E-state index in [4.69, 9.17) is 16.2 Å². The first-order chi connectivity index (χ1) is 20.3. The Kier molecular flexibility index (Phi) is 8.95. The van der Waals surface area contributed by atoms with Gasteiger partial charge >= 0.3 is 12.0 Å². The van der Waals surface area contributed by atoms with Crippen molar-refractivity contribution in [3.63, 3.8) is 0 Å². The van der Waals surface area contributed by atoms with Crippen LogP contribution in [-0.4, -0.2) is 12.2 Å². The first kappa shape index (κ1) is 33.9. The molecule has 0 aromatic heterocycles. The highest BCUT2D eigenvalue weighted by atomic mass is 19.3. The summed E-state index contributed by atoms with van der Waals surface area (Å²) in [6.07, 6.45) is 6.47. The normalized spacial score (nSPS) is 37.7. The number of halogens is 4. The van der Waals surface area contributed by atoms with Gasteiger partial charge in [-0.2, -0.15) is 17.6 Å². The number of hydrogen-bond acceptors (Lipinski definition) is 3. The van der Waals surface area contributed by atoms with Gasteiger partial charge in [0, 0.05) is 16.9 Å². The summed E-state index contributed by atoms with van der Waals surface area (Å²) in [7, 11) is 0. The summed E-state index contributed by atoms with van der Waals surface area (Å²) >= 11 is 0. The summed E-state index contributed by atoms with van der Waals surface area (Å²) in [5.74, 6) is -0.197. The Bertz CT molecular complexity index is 1170. The molecule has 5 rings (SSSR count). The second-order valence-electron chi connectivity index (χ2n) is 17.0. The number of ether oxygens (including phenoxy) is 1. The van der Waals surface area contributed by atoms with E-state index >= 15 is 17.6 Å². The molecule has 1 aromatic carbocycles. The molecule has 0 saturated heterocycles. The van der Waals surface area contributed by atoms with Crippen molar-refractivity contribution in [3.05, 3.63) is 23.8 Å². The van der Waals surface area contributed by atoms with Crippen molar-refractivity contribution in [3.8, 4) is 0 Å². The lowest BCUT2D eigenvalue weighted by molar-refractivity contribution is -0.385. The van der Waals surface area contributed by atoms with Crippen molar-refractivity contribution in [2.45, 2.75) is 137 Å². The van der Waals surface area contributed by atoms with Gasteiger partial charge in [-0.3, -0.25) is 0 Å². The Morgan fingerprint density at radius 2 is 1.41 bits per heavy atom. The molecule has 4 fully saturated rings. The number of nitrogen functional groups attached to an aromatic ring is 2. The van der Waals surface area contributed by atoms with Gasteiger partial charge < -0.3 is 16.2 Å². The molecule has 0 spiro atoms. The summed E-state index contributed by atoms with van der Waals surface area (Å²) in [4.78, 5) is 0. The molecule has 2 unspecified atom stereocenters. The molecule has 7 heteroatoms. The number of rotatable bonds is 9. The van der Waals surface area contributed by atoms with Gasteiger partial charge in [-0.1, -0.05) is 67.7 Å². The van der Waals surface area contributed by atoms with Gasteiger partial charge in [-0.05, 0) is 127 Å². The molecule has 0 amide bonds. The van der Waals surface area contributed by atoms with Gasteiger partial charge in [0.05, 0.1) is 6.10 Å². The lowest BCUT2D eigenvalue weighted by Gasteiger charge is -2.65. The second-order valence-corrected chi connectivity index (χ2v) is 17.0. The van der Waals surface area contributed by atoms with Crippen LogP contribution in [0.1, 0.15) is 125 Å². The first-order valence-corrected chi connectivity index (χ1v) is 17.4. The van der Waals surface area contributed by atoms with Crippen molar-refractivity contribution in [1.82, 2.24) is 0 Å². The fourth-order valence-corrected chi connectivity index (χ4v) is 11.6. The fourth-order valence-electron chi connectivity index (χ4n) is 11.6. The number of benzene rings is 1. The Balaban J connectivity index is 1.31. The van der Waals surface area contributed by atoms with E-state index in [2.05, 4.69) is 34.6 Å². The largest absolute Gasteiger partial charge is 0.424 e. The van der Waals surface area contributed by atoms with Crippen molar-refractivity contribution in [1.29, 1.82) is 0 Å². The minimum atomic E-state index is -4.70. The zero-order chi connectivity index (χ0) is 32.5. The van der Waals surface area contributed by atoms with Crippen LogP contribution in [0.5, 0.6) is 0 Å². The molecule has 4 saturated carbocycles. The van der Waals surface area contributed by atoms with E-state index in [-0.39, 0.29) is 22.7 Å². The highest BCUT2D eigenvalue weighted by molar-refractivity contribution is 5.55. The molecule has 9 atom stereocenters. The summed E-state index contributed by atoms with van der Waals surface area (Å²) in [5.41, 5.74) is 9.94. The lowest BCUT2D eigenvalue weighted by atomic mass is 9.41. The van der Waals surface area contributed by atoms with Crippen molar-refractivity contribution >= 4 is 11.4 Å². The van der Waals surface area contributed by atoms with Gasteiger partial charge in [0.2, 0.25) is 0 Å². The molecule has 4 aliphatic carbocycles. The molecule has 0 bridgehead atoms. The first-order valence-electron chi connectivity index (χ1n) is 17.4. The van der Waals surface area contributed by atoms with Crippen LogP contribution in [0.15, 0.2) is 18.2 Å². The van der Waals surface area contributed by atoms with E-state index in [9.17, 15) is 0 Å². The molecule has 1 aromatic rings. The molecule has 250 valence electrons. The highest BCUT2D eigenvalue weighted by Crippen LogP contribution is 2.71. The number of fused-ring (bicyclic) bond motifs is 5. The number of alkyl halides is 4. The maximum Gasteiger partial charge on any atom is 0.424 e. The predicted molar refractivity (Wildman–Crippen MR) is 171 cm³/mol. The average molecular weight is 623 g/mol. The van der Waals surface area contributed by atoms with E-state index in [1.807, 2.05) is 13.8 Å². The van der Waals surface area contributed by atoms with Gasteiger partial charge in [0.15, 0.2) is 0 Å². The van der Waals surface area contributed by atoms with Crippen LogP contribution in [0, 0.1) is 57.7 Å². The zero-order valence-corrected chi connectivity index (χ0v) is 28.2. The summed E-state index contributed by atoms with van der Waals surface area (Å²) < 4.78 is 66.7. The van der Waals surface area contributed by atoms with E-state index in [1.54, 1.807) is 0 Å². The predicted octanol–water partition coefficient (Wildman–Crippen LogP) is 10.7. The SMILES string of the molecule is CC(C)CCC[C@@H](C)[C@H]1CC[C@H]2[C@@H]3CCC4C(C)(C)C(OC(F)(F)C(F)(F)c5cc(N)cc(N)c5)CC[C@]4(C)[C@H]3CC[C@]12C. The smallest absolute Gasteiger partial charge is 0.399 e. The van der Waals surface area contributed by atoms with Crippen LogP contribution in [0.4, 0.5) is 28.9 Å².